The van der Waals surface area contributed by atoms with Gasteiger partial charge in [0.05, 0.1) is 4.47 Å². The van der Waals surface area contributed by atoms with E-state index >= 15 is 0 Å². The second-order valence-electron chi connectivity index (χ2n) is 3.94. The molecule has 16 heavy (non-hydrogen) atoms. The van der Waals surface area contributed by atoms with Crippen molar-refractivity contribution < 1.29 is 4.79 Å². The van der Waals surface area contributed by atoms with E-state index in [1.165, 1.54) is 0 Å². The molecular weight excluding hydrogens is 336 g/mol. The second-order valence-corrected chi connectivity index (χ2v) is 5.71. The minimum Gasteiger partial charge on any atom is -0.355 e. The van der Waals surface area contributed by atoms with Crippen LogP contribution < -0.4 is 4.90 Å². The van der Waals surface area contributed by atoms with Gasteiger partial charge in [-0.05, 0) is 50.8 Å². The van der Waals surface area contributed by atoms with E-state index in [-0.39, 0.29) is 5.92 Å². The van der Waals surface area contributed by atoms with Crippen molar-refractivity contribution in [2.24, 2.45) is 5.92 Å². The van der Waals surface area contributed by atoms with E-state index in [2.05, 4.69) is 41.7 Å². The lowest BCUT2D eigenvalue weighted by atomic mass is 10.00. The fraction of sp³-hybridized carbons (Fsp3) is 0.455. The highest BCUT2D eigenvalue weighted by Crippen LogP contribution is 2.29. The minimum atomic E-state index is 0.145. The first-order valence-corrected chi connectivity index (χ1v) is 6.80. The Labute approximate surface area is 111 Å². The van der Waals surface area contributed by atoms with Crippen molar-refractivity contribution in [3.8, 4) is 0 Å². The minimum absolute atomic E-state index is 0.145. The number of pyridine rings is 1. The first kappa shape index (κ1) is 12.0. The molecule has 0 aromatic carbocycles. The number of carbonyl (C=O) groups is 1. The van der Waals surface area contributed by atoms with Gasteiger partial charge < -0.3 is 9.69 Å². The van der Waals surface area contributed by atoms with Crippen molar-refractivity contribution in [1.82, 2.24) is 4.98 Å². The summed E-state index contributed by atoms with van der Waals surface area (Å²) >= 11 is 6.88. The quantitative estimate of drug-likeness (QED) is 0.771. The molecule has 1 saturated heterocycles. The highest BCUT2D eigenvalue weighted by Gasteiger charge is 2.21. The molecule has 2 rings (SSSR count). The van der Waals surface area contributed by atoms with Crippen LogP contribution in [0.3, 0.4) is 0 Å². The second kappa shape index (κ2) is 5.27. The molecule has 0 bridgehead atoms. The molecule has 1 aromatic heterocycles. The van der Waals surface area contributed by atoms with Crippen molar-refractivity contribution in [3.05, 3.63) is 21.2 Å². The van der Waals surface area contributed by atoms with Gasteiger partial charge in [0.15, 0.2) is 0 Å². The van der Waals surface area contributed by atoms with Crippen LogP contribution in [0, 0.1) is 5.92 Å². The Bertz CT molecular complexity index is 398. The summed E-state index contributed by atoms with van der Waals surface area (Å²) in [6.45, 7) is 1.74. The Morgan fingerprint density at radius 1 is 1.50 bits per heavy atom. The van der Waals surface area contributed by atoms with Gasteiger partial charge in [0, 0.05) is 29.7 Å². The largest absolute Gasteiger partial charge is 0.355 e. The molecule has 0 radical (unpaired) electrons. The zero-order valence-electron chi connectivity index (χ0n) is 8.70. The summed E-state index contributed by atoms with van der Waals surface area (Å²) in [6, 6.07) is 1.98. The number of piperidine rings is 1. The van der Waals surface area contributed by atoms with Gasteiger partial charge >= 0.3 is 0 Å². The maximum atomic E-state index is 10.8. The van der Waals surface area contributed by atoms with Gasteiger partial charge in [-0.1, -0.05) is 0 Å². The summed E-state index contributed by atoms with van der Waals surface area (Å²) in [5.41, 5.74) is 0. The van der Waals surface area contributed by atoms with Gasteiger partial charge in [-0.2, -0.15) is 0 Å². The van der Waals surface area contributed by atoms with Crippen LogP contribution in [0.2, 0.25) is 0 Å². The van der Waals surface area contributed by atoms with Crippen molar-refractivity contribution >= 4 is 44.0 Å². The number of halogens is 2. The molecule has 5 heteroatoms. The fourth-order valence-corrected chi connectivity index (χ4v) is 3.19. The summed E-state index contributed by atoms with van der Waals surface area (Å²) < 4.78 is 1.92. The first-order chi connectivity index (χ1) is 7.70. The zero-order chi connectivity index (χ0) is 11.5. The Morgan fingerprint density at radius 3 is 3.00 bits per heavy atom. The third-order valence-corrected chi connectivity index (χ3v) is 3.76. The van der Waals surface area contributed by atoms with E-state index in [1.54, 1.807) is 6.20 Å². The van der Waals surface area contributed by atoms with Gasteiger partial charge in [-0.3, -0.25) is 0 Å². The molecule has 1 aromatic rings. The van der Waals surface area contributed by atoms with Crippen LogP contribution in [0.15, 0.2) is 21.2 Å². The van der Waals surface area contributed by atoms with Crippen LogP contribution in [0.5, 0.6) is 0 Å². The van der Waals surface area contributed by atoms with Crippen LogP contribution >= 0.6 is 31.9 Å². The van der Waals surface area contributed by atoms with Crippen LogP contribution in [0.4, 0.5) is 5.82 Å². The monoisotopic (exact) mass is 346 g/mol. The normalized spacial score (nSPS) is 20.9. The lowest BCUT2D eigenvalue weighted by Gasteiger charge is -2.31. The number of aldehydes is 1. The van der Waals surface area contributed by atoms with E-state index in [0.29, 0.717) is 0 Å². The third kappa shape index (κ3) is 2.63. The van der Waals surface area contributed by atoms with Crippen molar-refractivity contribution in [2.45, 2.75) is 12.8 Å². The van der Waals surface area contributed by atoms with E-state index in [9.17, 15) is 4.79 Å². The molecule has 1 aliphatic heterocycles. The zero-order valence-corrected chi connectivity index (χ0v) is 11.9. The molecule has 3 nitrogen and oxygen atoms in total. The molecular formula is C11H12Br2N2O. The van der Waals surface area contributed by atoms with E-state index in [0.717, 1.165) is 47.0 Å². The fourth-order valence-electron chi connectivity index (χ4n) is 1.95. The molecule has 1 aliphatic rings. The number of rotatable bonds is 2. The van der Waals surface area contributed by atoms with Crippen LogP contribution in [-0.2, 0) is 4.79 Å². The van der Waals surface area contributed by atoms with Crippen molar-refractivity contribution in [1.29, 1.82) is 0 Å². The van der Waals surface area contributed by atoms with E-state index in [1.807, 2.05) is 6.07 Å². The molecule has 0 spiro atoms. The van der Waals surface area contributed by atoms with E-state index < -0.39 is 0 Å². The molecule has 0 aliphatic carbocycles. The molecule has 1 fully saturated rings. The highest BCUT2D eigenvalue weighted by atomic mass is 79.9. The average molecular weight is 348 g/mol. The van der Waals surface area contributed by atoms with E-state index in [4.69, 9.17) is 0 Å². The number of hydrogen-bond acceptors (Lipinski definition) is 3. The topological polar surface area (TPSA) is 33.2 Å². The van der Waals surface area contributed by atoms with Gasteiger partial charge in [-0.15, -0.1) is 0 Å². The Kier molecular flexibility index (Phi) is 3.97. The molecule has 1 atom stereocenters. The standard InChI is InChI=1S/C11H12Br2N2O/c12-9-4-10(13)11(14-5-9)15-3-1-2-8(6-15)7-16/h4-5,7-8H,1-3,6H2. The summed E-state index contributed by atoms with van der Waals surface area (Å²) in [6.07, 6.45) is 4.88. The summed E-state index contributed by atoms with van der Waals surface area (Å²) in [7, 11) is 0. The molecule has 1 unspecified atom stereocenters. The average Bonchev–Trinajstić information content (AvgIpc) is 2.29. The van der Waals surface area contributed by atoms with Crippen LogP contribution in [0.1, 0.15) is 12.8 Å². The SMILES string of the molecule is O=CC1CCCN(c2ncc(Br)cc2Br)C1. The van der Waals surface area contributed by atoms with Gasteiger partial charge in [0.1, 0.15) is 12.1 Å². The van der Waals surface area contributed by atoms with Gasteiger partial charge in [-0.25, -0.2) is 4.98 Å². The van der Waals surface area contributed by atoms with Gasteiger partial charge in [0.2, 0.25) is 0 Å². The first-order valence-electron chi connectivity index (χ1n) is 5.22. The van der Waals surface area contributed by atoms with Crippen LogP contribution in [0.25, 0.3) is 0 Å². The molecule has 0 saturated carbocycles. The van der Waals surface area contributed by atoms with Crippen LogP contribution in [-0.4, -0.2) is 24.4 Å². The maximum absolute atomic E-state index is 10.8. The highest BCUT2D eigenvalue weighted by molar-refractivity contribution is 9.11. The number of anilines is 1. The number of hydrogen-bond donors (Lipinski definition) is 0. The predicted octanol–water partition coefficient (Wildman–Crippen LogP) is 3.02. The number of nitrogens with zero attached hydrogens (tertiary/aromatic N) is 2. The molecule has 86 valence electrons. The molecule has 0 N–H and O–H groups in total. The number of carbonyl (C=O) groups excluding carboxylic acids is 1. The molecule has 0 amide bonds. The Hall–Kier alpha value is -0.420. The Balaban J connectivity index is 2.19. The predicted molar refractivity (Wildman–Crippen MR) is 70.6 cm³/mol. The lowest BCUT2D eigenvalue weighted by molar-refractivity contribution is -0.111. The summed E-state index contributed by atoms with van der Waals surface area (Å²) in [4.78, 5) is 17.4. The van der Waals surface area contributed by atoms with Crippen molar-refractivity contribution in [2.75, 3.05) is 18.0 Å². The third-order valence-electron chi connectivity index (χ3n) is 2.74. The van der Waals surface area contributed by atoms with Crippen molar-refractivity contribution in [3.63, 3.8) is 0 Å². The molecule has 2 heterocycles. The van der Waals surface area contributed by atoms with Gasteiger partial charge in [0.25, 0.3) is 0 Å². The maximum Gasteiger partial charge on any atom is 0.142 e. The smallest absolute Gasteiger partial charge is 0.142 e. The number of aromatic nitrogens is 1. The Morgan fingerprint density at radius 2 is 2.31 bits per heavy atom. The summed E-state index contributed by atoms with van der Waals surface area (Å²) in [5.74, 6) is 1.07. The lowest BCUT2D eigenvalue weighted by Crippen LogP contribution is -2.36. The summed E-state index contributed by atoms with van der Waals surface area (Å²) in [5, 5.41) is 0.